The number of aryl methyl sites for hydroxylation is 1. The van der Waals surface area contributed by atoms with Gasteiger partial charge in [-0.15, -0.1) is 0 Å². The van der Waals surface area contributed by atoms with Crippen LogP contribution in [0.15, 0.2) is 108 Å². The maximum Gasteiger partial charge on any atom is 0.264 e. The standard InChI is InChI=1S/C37H42ClN3O5S/c1-4-6-24-39-37(43)34(25-29-15-8-7-9-16-29)40(26-30-17-11-10-14-28(30)3)36(42)27-41(33-18-12-13-19-35(33)46-5-2)47(44,45)32-22-20-31(38)21-23-32/h7-23,34H,4-6,24-27H2,1-3H3,(H,39,43). The number of hydrogen-bond donors (Lipinski definition) is 1. The van der Waals surface area contributed by atoms with Crippen molar-refractivity contribution in [3.05, 3.63) is 125 Å². The number of hydrogen-bond acceptors (Lipinski definition) is 5. The van der Waals surface area contributed by atoms with Crippen molar-refractivity contribution in [1.29, 1.82) is 0 Å². The van der Waals surface area contributed by atoms with Crippen molar-refractivity contribution in [3.8, 4) is 5.75 Å². The summed E-state index contributed by atoms with van der Waals surface area (Å²) < 4.78 is 35.5. The second-order valence-corrected chi connectivity index (χ2v) is 13.5. The fourth-order valence-electron chi connectivity index (χ4n) is 5.22. The largest absolute Gasteiger partial charge is 0.492 e. The Labute approximate surface area is 283 Å². The van der Waals surface area contributed by atoms with Gasteiger partial charge in [0.05, 0.1) is 17.2 Å². The normalized spacial score (nSPS) is 11.8. The topological polar surface area (TPSA) is 96.0 Å². The molecule has 2 amide bonds. The zero-order valence-electron chi connectivity index (χ0n) is 27.1. The molecule has 0 spiro atoms. The summed E-state index contributed by atoms with van der Waals surface area (Å²) in [6.45, 7) is 6.07. The summed E-state index contributed by atoms with van der Waals surface area (Å²) in [6.07, 6.45) is 1.93. The molecule has 0 heterocycles. The Bertz CT molecular complexity index is 1730. The van der Waals surface area contributed by atoms with Crippen molar-refractivity contribution in [2.24, 2.45) is 0 Å². The van der Waals surface area contributed by atoms with Crippen LogP contribution in [0.1, 0.15) is 43.4 Å². The maximum absolute atomic E-state index is 14.7. The van der Waals surface area contributed by atoms with Crippen LogP contribution in [-0.4, -0.2) is 50.9 Å². The molecule has 1 N–H and O–H groups in total. The minimum absolute atomic E-state index is 0.0374. The van der Waals surface area contributed by atoms with Crippen LogP contribution in [0.5, 0.6) is 5.75 Å². The van der Waals surface area contributed by atoms with Crippen LogP contribution in [0.25, 0.3) is 0 Å². The Kier molecular flexibility index (Phi) is 12.8. The minimum Gasteiger partial charge on any atom is -0.492 e. The van der Waals surface area contributed by atoms with E-state index in [1.807, 2.05) is 68.4 Å². The zero-order valence-corrected chi connectivity index (χ0v) is 28.6. The molecule has 10 heteroatoms. The molecule has 8 nitrogen and oxygen atoms in total. The van der Waals surface area contributed by atoms with E-state index in [0.717, 1.165) is 33.8 Å². The van der Waals surface area contributed by atoms with Gasteiger partial charge < -0.3 is 15.0 Å². The van der Waals surface area contributed by atoms with Gasteiger partial charge in [0.25, 0.3) is 10.0 Å². The van der Waals surface area contributed by atoms with Gasteiger partial charge in [-0.1, -0.05) is 91.7 Å². The summed E-state index contributed by atoms with van der Waals surface area (Å²) >= 11 is 6.09. The lowest BCUT2D eigenvalue weighted by molar-refractivity contribution is -0.140. The van der Waals surface area contributed by atoms with E-state index in [9.17, 15) is 18.0 Å². The maximum atomic E-state index is 14.7. The summed E-state index contributed by atoms with van der Waals surface area (Å²) in [6, 6.07) is 28.7. The number of unbranched alkanes of at least 4 members (excludes halogenated alkanes) is 1. The van der Waals surface area contributed by atoms with Gasteiger partial charge in [0.2, 0.25) is 11.8 Å². The number of para-hydroxylation sites is 2. The number of carbonyl (C=O) groups is 2. The van der Waals surface area contributed by atoms with E-state index in [0.29, 0.717) is 17.3 Å². The molecule has 0 saturated heterocycles. The fraction of sp³-hybridized carbons (Fsp3) is 0.297. The Morgan fingerprint density at radius 2 is 1.53 bits per heavy atom. The molecule has 47 heavy (non-hydrogen) atoms. The van der Waals surface area contributed by atoms with E-state index in [1.165, 1.54) is 29.2 Å². The van der Waals surface area contributed by atoms with Crippen molar-refractivity contribution in [3.63, 3.8) is 0 Å². The lowest BCUT2D eigenvalue weighted by Crippen LogP contribution is -2.53. The Hall–Kier alpha value is -4.34. The van der Waals surface area contributed by atoms with E-state index < -0.39 is 28.5 Å². The minimum atomic E-state index is -4.30. The zero-order chi connectivity index (χ0) is 33.8. The third-order valence-corrected chi connectivity index (χ3v) is 9.84. The molecule has 0 saturated carbocycles. The number of amides is 2. The third kappa shape index (κ3) is 9.36. The number of halogens is 1. The highest BCUT2D eigenvalue weighted by Crippen LogP contribution is 2.33. The lowest BCUT2D eigenvalue weighted by Gasteiger charge is -2.34. The average molecular weight is 676 g/mol. The summed E-state index contributed by atoms with van der Waals surface area (Å²) in [5.74, 6) is -0.529. The molecule has 0 aliphatic heterocycles. The number of anilines is 1. The molecule has 4 aromatic rings. The number of benzene rings is 4. The summed E-state index contributed by atoms with van der Waals surface area (Å²) in [5.41, 5.74) is 2.88. The molecule has 0 aliphatic carbocycles. The highest BCUT2D eigenvalue weighted by molar-refractivity contribution is 7.92. The molecule has 0 aromatic heterocycles. The Balaban J connectivity index is 1.83. The number of nitrogens with zero attached hydrogens (tertiary/aromatic N) is 2. The van der Waals surface area contributed by atoms with Crippen molar-refractivity contribution in [2.75, 3.05) is 24.0 Å². The first-order chi connectivity index (χ1) is 22.6. The molecule has 4 rings (SSSR count). The molecule has 4 aromatic carbocycles. The quantitative estimate of drug-likeness (QED) is 0.132. The van der Waals surface area contributed by atoms with E-state index >= 15 is 0 Å². The lowest BCUT2D eigenvalue weighted by atomic mass is 10.0. The molecule has 0 bridgehead atoms. The number of nitrogens with one attached hydrogen (secondary N) is 1. The Morgan fingerprint density at radius 3 is 2.21 bits per heavy atom. The van der Waals surface area contributed by atoms with E-state index in [-0.39, 0.29) is 36.1 Å². The average Bonchev–Trinajstić information content (AvgIpc) is 3.07. The van der Waals surface area contributed by atoms with E-state index in [4.69, 9.17) is 16.3 Å². The Morgan fingerprint density at radius 1 is 0.872 bits per heavy atom. The van der Waals surface area contributed by atoms with Crippen LogP contribution in [-0.2, 0) is 32.6 Å². The number of ether oxygens (including phenoxy) is 1. The predicted octanol–water partition coefficient (Wildman–Crippen LogP) is 6.80. The van der Waals surface area contributed by atoms with Crippen molar-refractivity contribution in [2.45, 2.75) is 57.5 Å². The van der Waals surface area contributed by atoms with Crippen molar-refractivity contribution in [1.82, 2.24) is 10.2 Å². The van der Waals surface area contributed by atoms with Gasteiger partial charge in [-0.25, -0.2) is 8.42 Å². The first-order valence-corrected chi connectivity index (χ1v) is 17.6. The van der Waals surface area contributed by atoms with Crippen LogP contribution in [0.2, 0.25) is 5.02 Å². The summed E-state index contributed by atoms with van der Waals surface area (Å²) in [5, 5.41) is 3.39. The van der Waals surface area contributed by atoms with Gasteiger partial charge in [0, 0.05) is 24.5 Å². The van der Waals surface area contributed by atoms with E-state index in [2.05, 4.69) is 5.32 Å². The van der Waals surface area contributed by atoms with Gasteiger partial charge >= 0.3 is 0 Å². The number of carbonyl (C=O) groups excluding carboxylic acids is 2. The van der Waals surface area contributed by atoms with Gasteiger partial charge in [0.15, 0.2) is 0 Å². The van der Waals surface area contributed by atoms with Gasteiger partial charge in [-0.05, 0) is 73.4 Å². The summed E-state index contributed by atoms with van der Waals surface area (Å²) in [7, 11) is -4.30. The van der Waals surface area contributed by atoms with Gasteiger partial charge in [-0.2, -0.15) is 0 Å². The predicted molar refractivity (Wildman–Crippen MR) is 187 cm³/mol. The second kappa shape index (κ2) is 17.0. The molecular formula is C37H42ClN3O5S. The monoisotopic (exact) mass is 675 g/mol. The molecule has 0 radical (unpaired) electrons. The molecule has 0 aliphatic rings. The molecule has 1 atom stereocenters. The first kappa shape index (κ1) is 35.5. The van der Waals surface area contributed by atoms with Gasteiger partial charge in [0.1, 0.15) is 18.3 Å². The molecule has 0 fully saturated rings. The van der Waals surface area contributed by atoms with Crippen LogP contribution in [0.4, 0.5) is 5.69 Å². The number of rotatable bonds is 16. The van der Waals surface area contributed by atoms with Crippen LogP contribution in [0.3, 0.4) is 0 Å². The number of sulfonamides is 1. The summed E-state index contributed by atoms with van der Waals surface area (Å²) in [4.78, 5) is 30.1. The first-order valence-electron chi connectivity index (χ1n) is 15.8. The smallest absolute Gasteiger partial charge is 0.264 e. The van der Waals surface area contributed by atoms with Gasteiger partial charge in [-0.3, -0.25) is 13.9 Å². The second-order valence-electron chi connectivity index (χ2n) is 11.2. The van der Waals surface area contributed by atoms with Crippen LogP contribution >= 0.6 is 11.6 Å². The van der Waals surface area contributed by atoms with Crippen LogP contribution < -0.4 is 14.4 Å². The van der Waals surface area contributed by atoms with Crippen molar-refractivity contribution >= 4 is 39.1 Å². The third-order valence-electron chi connectivity index (χ3n) is 7.82. The SMILES string of the molecule is CCCCNC(=O)C(Cc1ccccc1)N(Cc1ccccc1C)C(=O)CN(c1ccccc1OCC)S(=O)(=O)c1ccc(Cl)cc1. The van der Waals surface area contributed by atoms with Crippen molar-refractivity contribution < 1.29 is 22.7 Å². The fourth-order valence-corrected chi connectivity index (χ4v) is 6.77. The molecule has 248 valence electrons. The molecule has 1 unspecified atom stereocenters. The highest BCUT2D eigenvalue weighted by atomic mass is 35.5. The highest BCUT2D eigenvalue weighted by Gasteiger charge is 2.35. The van der Waals surface area contributed by atoms with E-state index in [1.54, 1.807) is 31.2 Å². The molecular weight excluding hydrogens is 634 g/mol. The van der Waals surface area contributed by atoms with Crippen LogP contribution in [0, 0.1) is 6.92 Å².